The SMILES string of the molecule is C=CC1(c2ccc([B]CC(C)(C)C(C)(C)S)cc2C)CCNCC1.C=CC1CC2(C)CC12.CC.CC1CC(C)C1.CCCCCCC. The molecule has 269 valence electrons. The molecule has 1 heterocycles. The molecular weight excluding hydrogens is 585 g/mol. The van der Waals surface area contributed by atoms with E-state index >= 15 is 0 Å². The summed E-state index contributed by atoms with van der Waals surface area (Å²) in [6.07, 6.45) is 20.5. The Hall–Kier alpha value is -0.925. The fraction of sp³-hybridized carbons (Fsp3) is 0.773. The summed E-state index contributed by atoms with van der Waals surface area (Å²) >= 11 is 4.77. The van der Waals surface area contributed by atoms with Crippen LogP contribution in [-0.2, 0) is 5.41 Å². The monoisotopic (exact) mass is 665 g/mol. The van der Waals surface area contributed by atoms with Crippen molar-refractivity contribution < 1.29 is 0 Å². The molecule has 0 aromatic heterocycles. The van der Waals surface area contributed by atoms with Crippen molar-refractivity contribution in [2.75, 3.05) is 13.1 Å². The fourth-order valence-corrected chi connectivity index (χ4v) is 7.64. The third-order valence-electron chi connectivity index (χ3n) is 11.9. The van der Waals surface area contributed by atoms with Gasteiger partial charge in [0.15, 0.2) is 7.28 Å². The molecule has 0 amide bonds. The third-order valence-corrected chi connectivity index (χ3v) is 12.5. The number of rotatable bonds is 11. The van der Waals surface area contributed by atoms with Crippen molar-refractivity contribution in [1.82, 2.24) is 5.32 Å². The van der Waals surface area contributed by atoms with E-state index in [-0.39, 0.29) is 15.6 Å². The minimum atomic E-state index is 0.000477. The zero-order valence-electron chi connectivity index (χ0n) is 33.5. The second kappa shape index (κ2) is 20.7. The van der Waals surface area contributed by atoms with Crippen LogP contribution in [0, 0.1) is 41.4 Å². The lowest BCUT2D eigenvalue weighted by Crippen LogP contribution is -2.39. The molecule has 0 bridgehead atoms. The highest BCUT2D eigenvalue weighted by Gasteiger charge is 2.62. The van der Waals surface area contributed by atoms with Gasteiger partial charge < -0.3 is 5.32 Å². The van der Waals surface area contributed by atoms with Gasteiger partial charge in [0, 0.05) is 10.2 Å². The van der Waals surface area contributed by atoms with E-state index in [1.807, 2.05) is 13.8 Å². The molecule has 1 saturated heterocycles. The lowest BCUT2D eigenvalue weighted by atomic mass is 9.56. The zero-order chi connectivity index (χ0) is 35.9. The predicted molar refractivity (Wildman–Crippen MR) is 220 cm³/mol. The van der Waals surface area contributed by atoms with Gasteiger partial charge in [0.25, 0.3) is 0 Å². The molecule has 3 unspecified atom stereocenters. The molecule has 1 radical (unpaired) electrons. The summed E-state index contributed by atoms with van der Waals surface area (Å²) in [6.45, 7) is 36.8. The number of fused-ring (bicyclic) bond motifs is 1. The van der Waals surface area contributed by atoms with Gasteiger partial charge in [-0.3, -0.25) is 0 Å². The van der Waals surface area contributed by atoms with Crippen molar-refractivity contribution >= 4 is 25.4 Å². The highest BCUT2D eigenvalue weighted by Crippen LogP contribution is 2.70. The fourth-order valence-electron chi connectivity index (χ4n) is 7.55. The maximum atomic E-state index is 4.77. The third kappa shape index (κ3) is 13.7. The smallest absolute Gasteiger partial charge is 0.152 e. The second-order valence-corrected chi connectivity index (χ2v) is 18.0. The van der Waals surface area contributed by atoms with E-state index in [2.05, 4.69) is 125 Å². The molecule has 4 fully saturated rings. The summed E-state index contributed by atoms with van der Waals surface area (Å²) in [5.41, 5.74) is 5.23. The second-order valence-electron chi connectivity index (χ2n) is 16.8. The first-order chi connectivity index (χ1) is 22.1. The largest absolute Gasteiger partial charge is 0.317 e. The first-order valence-corrected chi connectivity index (χ1v) is 20.2. The highest BCUT2D eigenvalue weighted by atomic mass is 32.1. The van der Waals surface area contributed by atoms with Crippen LogP contribution in [0.1, 0.15) is 158 Å². The summed E-state index contributed by atoms with van der Waals surface area (Å²) in [5.74, 6) is 4.01. The standard InChI is InChI=1S/C21H33BNS.C8H12.C7H16.C6H12.C2H6/c1-7-21(10-12-23-13-11-21)18-9-8-17(14-16(18)2)22-15-19(3,4)20(5,6)24;1-3-6-4-8(2)5-7(6)8;1-3-5-7-6-4-2;1-5-3-6(2)4-5;1-2/h7-9,14,23-24H,1,10-13,15H2,2-6H3;3,6-7H,1,4-5H2,2H3;3-7H2,1-2H3;5-6H,3-4H2,1-2H3;1-2H3. The number of piperidine rings is 1. The van der Waals surface area contributed by atoms with Gasteiger partial charge in [0.2, 0.25) is 0 Å². The molecule has 3 atom stereocenters. The Balaban J connectivity index is 0.000000385. The Morgan fingerprint density at radius 1 is 0.936 bits per heavy atom. The summed E-state index contributed by atoms with van der Waals surface area (Å²) < 4.78 is 0.000477. The van der Waals surface area contributed by atoms with Crippen LogP contribution < -0.4 is 10.8 Å². The van der Waals surface area contributed by atoms with Gasteiger partial charge >= 0.3 is 0 Å². The quantitative estimate of drug-likeness (QED) is 0.104. The lowest BCUT2D eigenvalue weighted by molar-refractivity contribution is 0.233. The first kappa shape index (κ1) is 44.1. The van der Waals surface area contributed by atoms with Crippen molar-refractivity contribution in [2.24, 2.45) is 34.5 Å². The predicted octanol–water partition coefficient (Wildman–Crippen LogP) is 12.6. The number of unbranched alkanes of at least 4 members (excludes halogenated alkanes) is 4. The van der Waals surface area contributed by atoms with Crippen LogP contribution in [0.25, 0.3) is 0 Å². The van der Waals surface area contributed by atoms with E-state index in [1.165, 1.54) is 74.4 Å². The van der Waals surface area contributed by atoms with Crippen molar-refractivity contribution in [3.8, 4) is 0 Å². The molecule has 4 aliphatic rings. The molecule has 3 aliphatic carbocycles. The van der Waals surface area contributed by atoms with Crippen molar-refractivity contribution in [2.45, 2.75) is 170 Å². The van der Waals surface area contributed by atoms with Gasteiger partial charge in [-0.2, -0.15) is 12.6 Å². The van der Waals surface area contributed by atoms with Crippen LogP contribution in [0.15, 0.2) is 43.5 Å². The number of benzene rings is 1. The van der Waals surface area contributed by atoms with Gasteiger partial charge in [-0.25, -0.2) is 0 Å². The summed E-state index contributed by atoms with van der Waals surface area (Å²) in [7, 11) is 2.36. The molecule has 5 rings (SSSR count). The van der Waals surface area contributed by atoms with Crippen molar-refractivity contribution in [3.05, 3.63) is 54.6 Å². The van der Waals surface area contributed by atoms with E-state index in [1.54, 1.807) is 0 Å². The number of hydrogen-bond acceptors (Lipinski definition) is 2. The summed E-state index contributed by atoms with van der Waals surface area (Å²) in [5, 5.41) is 3.46. The maximum absolute atomic E-state index is 4.77. The molecule has 0 spiro atoms. The number of allylic oxidation sites excluding steroid dienone is 2. The van der Waals surface area contributed by atoms with Crippen LogP contribution in [0.5, 0.6) is 0 Å². The maximum Gasteiger partial charge on any atom is 0.152 e. The molecule has 1 aromatic carbocycles. The van der Waals surface area contributed by atoms with Crippen LogP contribution in [0.2, 0.25) is 6.32 Å². The minimum Gasteiger partial charge on any atom is -0.317 e. The molecule has 1 aliphatic heterocycles. The molecule has 3 saturated carbocycles. The highest BCUT2D eigenvalue weighted by molar-refractivity contribution is 7.81. The molecule has 1 nitrogen and oxygen atoms in total. The van der Waals surface area contributed by atoms with Gasteiger partial charge in [0.1, 0.15) is 0 Å². The van der Waals surface area contributed by atoms with Gasteiger partial charge in [-0.05, 0) is 104 Å². The normalized spacial score (nSPS) is 26.6. The number of aryl methyl sites for hydroxylation is 1. The Bertz CT molecular complexity index is 1020. The van der Waals surface area contributed by atoms with Crippen LogP contribution in [0.3, 0.4) is 0 Å². The molecule has 1 aromatic rings. The Morgan fingerprint density at radius 3 is 1.81 bits per heavy atom. The van der Waals surface area contributed by atoms with E-state index in [0.717, 1.165) is 61.3 Å². The molecule has 3 heteroatoms. The van der Waals surface area contributed by atoms with Crippen molar-refractivity contribution in [1.29, 1.82) is 0 Å². The summed E-state index contributed by atoms with van der Waals surface area (Å²) in [4.78, 5) is 0. The first-order valence-electron chi connectivity index (χ1n) is 19.7. The van der Waals surface area contributed by atoms with Crippen LogP contribution >= 0.6 is 12.6 Å². The van der Waals surface area contributed by atoms with E-state index < -0.39 is 0 Å². The zero-order valence-corrected chi connectivity index (χ0v) is 34.4. The Kier molecular flexibility index (Phi) is 19.4. The van der Waals surface area contributed by atoms with E-state index in [0.29, 0.717) is 0 Å². The minimum absolute atomic E-state index is 0.000477. The topological polar surface area (TPSA) is 12.0 Å². The Labute approximate surface area is 302 Å². The number of hydrogen-bond donors (Lipinski definition) is 2. The van der Waals surface area contributed by atoms with E-state index in [4.69, 9.17) is 12.6 Å². The van der Waals surface area contributed by atoms with Crippen LogP contribution in [-0.4, -0.2) is 25.1 Å². The van der Waals surface area contributed by atoms with Crippen molar-refractivity contribution in [3.63, 3.8) is 0 Å². The average molecular weight is 665 g/mol. The van der Waals surface area contributed by atoms with Gasteiger partial charge in [-0.15, -0.1) is 13.2 Å². The molecular formula is C44H79BNS. The van der Waals surface area contributed by atoms with Crippen LogP contribution in [0.4, 0.5) is 0 Å². The Morgan fingerprint density at radius 2 is 1.49 bits per heavy atom. The molecule has 47 heavy (non-hydrogen) atoms. The summed E-state index contributed by atoms with van der Waals surface area (Å²) in [6, 6.07) is 6.94. The van der Waals surface area contributed by atoms with Gasteiger partial charge in [0.05, 0.1) is 0 Å². The van der Waals surface area contributed by atoms with E-state index in [9.17, 15) is 0 Å². The average Bonchev–Trinajstić information content (AvgIpc) is 3.57. The number of nitrogens with one attached hydrogen (secondary N) is 1. The molecule has 1 N–H and O–H groups in total. The lowest BCUT2D eigenvalue weighted by Gasteiger charge is -2.38. The van der Waals surface area contributed by atoms with Gasteiger partial charge in [-0.1, -0.05) is 150 Å². The number of thiol groups is 1.